The van der Waals surface area contributed by atoms with Crippen LogP contribution in [-0.2, 0) is 10.8 Å². The van der Waals surface area contributed by atoms with Crippen molar-refractivity contribution in [1.29, 1.82) is 10.5 Å². The predicted molar refractivity (Wildman–Crippen MR) is 137 cm³/mol. The fourth-order valence-electron chi connectivity index (χ4n) is 5.18. The monoisotopic (exact) mass is 516 g/mol. The first-order chi connectivity index (χ1) is 17.0. The van der Waals surface area contributed by atoms with E-state index in [9.17, 15) is 20.1 Å². The molecule has 0 radical (unpaired) electrons. The average molecular weight is 517 g/mol. The molecule has 4 aromatic rings. The Morgan fingerprint density at radius 2 is 1.00 bits per heavy atom. The molecule has 35 heavy (non-hydrogen) atoms. The lowest BCUT2D eigenvalue weighted by Crippen LogP contribution is -2.44. The van der Waals surface area contributed by atoms with Crippen LogP contribution in [0.5, 0.6) is 0 Å². The molecule has 0 atom stereocenters. The zero-order valence-electron chi connectivity index (χ0n) is 18.4. The lowest BCUT2D eigenvalue weighted by molar-refractivity contribution is 0.656. The van der Waals surface area contributed by atoms with Gasteiger partial charge in [-0.2, -0.15) is 10.5 Å². The minimum absolute atomic E-state index is 0.208. The van der Waals surface area contributed by atoms with E-state index in [0.29, 0.717) is 37.9 Å². The second-order valence-corrected chi connectivity index (χ2v) is 9.20. The Bertz CT molecular complexity index is 1650. The van der Waals surface area contributed by atoms with Crippen molar-refractivity contribution in [2.75, 3.05) is 0 Å². The third kappa shape index (κ3) is 3.10. The fraction of sp³-hybridized carbons (Fsp3) is 0.0667. The Kier molecular flexibility index (Phi) is 5.44. The van der Waals surface area contributed by atoms with Crippen molar-refractivity contribution >= 4 is 15.9 Å². The molecule has 0 saturated heterocycles. The van der Waals surface area contributed by atoms with E-state index in [0.717, 1.165) is 0 Å². The molecule has 0 fully saturated rings. The highest BCUT2D eigenvalue weighted by Gasteiger charge is 2.53. The van der Waals surface area contributed by atoms with E-state index >= 15 is 0 Å². The second kappa shape index (κ2) is 8.47. The van der Waals surface area contributed by atoms with Gasteiger partial charge in [0.15, 0.2) is 10.9 Å². The highest BCUT2D eigenvalue weighted by molar-refractivity contribution is 9.10. The van der Waals surface area contributed by atoms with Crippen molar-refractivity contribution in [3.8, 4) is 12.1 Å². The summed E-state index contributed by atoms with van der Waals surface area (Å²) in [5.41, 5.74) is 0.00421. The summed E-state index contributed by atoms with van der Waals surface area (Å²) in [7, 11) is 0. The van der Waals surface area contributed by atoms with Crippen molar-refractivity contribution < 1.29 is 0 Å². The van der Waals surface area contributed by atoms with Crippen LogP contribution in [0.1, 0.15) is 33.4 Å². The van der Waals surface area contributed by atoms with Gasteiger partial charge in [-0.3, -0.25) is 9.59 Å². The molecule has 5 rings (SSSR count). The number of hydrogen-bond donors (Lipinski definition) is 0. The lowest BCUT2D eigenvalue weighted by atomic mass is 9.55. The van der Waals surface area contributed by atoms with Gasteiger partial charge in [0.05, 0.1) is 16.6 Å². The van der Waals surface area contributed by atoms with Crippen molar-refractivity contribution in [3.05, 3.63) is 161 Å². The maximum absolute atomic E-state index is 13.3. The summed E-state index contributed by atoms with van der Waals surface area (Å²) in [5, 5.41) is 21.7. The molecular weight excluding hydrogens is 500 g/mol. The summed E-state index contributed by atoms with van der Waals surface area (Å²) in [5.74, 6) is 0. The van der Waals surface area contributed by atoms with Gasteiger partial charge in [0.25, 0.3) is 0 Å². The van der Waals surface area contributed by atoms with Gasteiger partial charge in [-0.15, -0.1) is 0 Å². The lowest BCUT2D eigenvalue weighted by Gasteiger charge is -2.43. The molecule has 166 valence electrons. The molecule has 0 heterocycles. The van der Waals surface area contributed by atoms with Crippen LogP contribution in [0.2, 0.25) is 0 Å². The molecule has 0 N–H and O–H groups in total. The Balaban J connectivity index is 2.03. The van der Waals surface area contributed by atoms with Gasteiger partial charge in [-0.25, -0.2) is 0 Å². The van der Waals surface area contributed by atoms with E-state index in [2.05, 4.69) is 28.1 Å². The van der Waals surface area contributed by atoms with E-state index < -0.39 is 10.8 Å². The Morgan fingerprint density at radius 1 is 0.543 bits per heavy atom. The Hall–Kier alpha value is -4.32. The van der Waals surface area contributed by atoms with Gasteiger partial charge in [0.1, 0.15) is 10.8 Å². The van der Waals surface area contributed by atoms with Crippen LogP contribution in [0.15, 0.2) is 117 Å². The highest BCUT2D eigenvalue weighted by Crippen LogP contribution is 2.54. The summed E-state index contributed by atoms with van der Waals surface area (Å²) in [6.07, 6.45) is 0. The van der Waals surface area contributed by atoms with Crippen LogP contribution in [0.25, 0.3) is 0 Å². The number of nitriles is 2. The minimum atomic E-state index is -1.43. The molecule has 0 aromatic heterocycles. The van der Waals surface area contributed by atoms with Gasteiger partial charge < -0.3 is 0 Å². The van der Waals surface area contributed by atoms with E-state index in [1.165, 1.54) is 12.1 Å². The van der Waals surface area contributed by atoms with Crippen molar-refractivity contribution in [2.45, 2.75) is 10.8 Å². The first kappa shape index (κ1) is 22.5. The highest BCUT2D eigenvalue weighted by atomic mass is 79.9. The third-order valence-corrected chi connectivity index (χ3v) is 7.30. The van der Waals surface area contributed by atoms with Gasteiger partial charge in [0, 0.05) is 5.56 Å². The molecule has 4 aromatic carbocycles. The van der Waals surface area contributed by atoms with Crippen LogP contribution in [0.3, 0.4) is 0 Å². The molecule has 5 heteroatoms. The quantitative estimate of drug-likeness (QED) is 0.366. The number of fused-ring (bicyclic) bond motifs is 2. The van der Waals surface area contributed by atoms with E-state index in [-0.39, 0.29) is 10.9 Å². The molecule has 0 spiro atoms. The van der Waals surface area contributed by atoms with Crippen LogP contribution in [0, 0.1) is 22.7 Å². The maximum atomic E-state index is 13.3. The summed E-state index contributed by atoms with van der Waals surface area (Å²) in [4.78, 5) is 25.6. The van der Waals surface area contributed by atoms with Gasteiger partial charge in [-0.05, 0) is 61.9 Å². The van der Waals surface area contributed by atoms with Crippen LogP contribution >= 0.6 is 15.9 Å². The van der Waals surface area contributed by atoms with Crippen molar-refractivity contribution in [2.24, 2.45) is 0 Å². The molecule has 1 aliphatic carbocycles. The van der Waals surface area contributed by atoms with Crippen molar-refractivity contribution in [3.63, 3.8) is 0 Å². The molecule has 0 bridgehead atoms. The summed E-state index contributed by atoms with van der Waals surface area (Å²) in [6, 6.07) is 34.3. The molecule has 0 saturated carbocycles. The largest absolute Gasteiger partial charge is 0.290 e. The van der Waals surface area contributed by atoms with E-state index in [1.54, 1.807) is 42.5 Å². The third-order valence-electron chi connectivity index (χ3n) is 6.68. The molecule has 1 aliphatic rings. The molecule has 0 amide bonds. The number of benzene rings is 2. The topological polar surface area (TPSA) is 81.7 Å². The van der Waals surface area contributed by atoms with Crippen LogP contribution in [0.4, 0.5) is 0 Å². The average Bonchev–Trinajstić information content (AvgIpc) is 3.20. The summed E-state index contributed by atoms with van der Waals surface area (Å²) >= 11 is 3.35. The van der Waals surface area contributed by atoms with E-state index in [4.69, 9.17) is 0 Å². The standard InChI is InChI=1S/C30H17BrN2O2/c31-26-17-20(9-8-16-28(26)35)29(18-32)21-10-4-6-12-23(21)30(19-33,24-13-7-5-11-22(24)29)25-14-2-1-3-15-27(25)34/h1-17H. The van der Waals surface area contributed by atoms with E-state index in [1.807, 2.05) is 48.5 Å². The van der Waals surface area contributed by atoms with Crippen LogP contribution < -0.4 is 10.9 Å². The predicted octanol–water partition coefficient (Wildman–Crippen LogP) is 5.20. The Morgan fingerprint density at radius 3 is 1.57 bits per heavy atom. The number of hydrogen-bond acceptors (Lipinski definition) is 4. The normalized spacial score (nSPS) is 20.0. The summed E-state index contributed by atoms with van der Waals surface area (Å²) in [6.45, 7) is 0. The fourth-order valence-corrected chi connectivity index (χ4v) is 5.56. The van der Waals surface area contributed by atoms with Crippen molar-refractivity contribution in [1.82, 2.24) is 0 Å². The maximum Gasteiger partial charge on any atom is 0.192 e. The zero-order chi connectivity index (χ0) is 24.6. The molecular formula is C30H17BrN2O2. The first-order valence-electron chi connectivity index (χ1n) is 10.9. The van der Waals surface area contributed by atoms with Gasteiger partial charge >= 0.3 is 0 Å². The van der Waals surface area contributed by atoms with Crippen LogP contribution in [-0.4, -0.2) is 0 Å². The first-order valence-corrected chi connectivity index (χ1v) is 11.7. The molecule has 4 nitrogen and oxygen atoms in total. The minimum Gasteiger partial charge on any atom is -0.290 e. The number of halogens is 1. The SMILES string of the molecule is N#CC1(c2cccc(=O)c(Br)c2)c2ccccc2C(C#N)(c2cccccc2=O)c2ccccc21. The summed E-state index contributed by atoms with van der Waals surface area (Å²) < 4.78 is 0.330. The molecule has 0 aliphatic heterocycles. The molecule has 0 unspecified atom stereocenters. The smallest absolute Gasteiger partial charge is 0.192 e. The van der Waals surface area contributed by atoms with Gasteiger partial charge in [-0.1, -0.05) is 84.9 Å². The zero-order valence-corrected chi connectivity index (χ0v) is 20.0. The van der Waals surface area contributed by atoms with Gasteiger partial charge in [0.2, 0.25) is 0 Å². The number of nitrogens with zero attached hydrogens (tertiary/aromatic N) is 2. The number of rotatable bonds is 2. The second-order valence-electron chi connectivity index (χ2n) is 8.34. The Labute approximate surface area is 210 Å².